The van der Waals surface area contributed by atoms with E-state index < -0.39 is 26.5 Å². The van der Waals surface area contributed by atoms with E-state index in [1.165, 1.54) is 24.3 Å². The van der Waals surface area contributed by atoms with Crippen LogP contribution in [0, 0.1) is 20.2 Å². The number of anilines is 2. The van der Waals surface area contributed by atoms with Crippen molar-refractivity contribution in [1.29, 1.82) is 0 Å². The predicted octanol–water partition coefficient (Wildman–Crippen LogP) is 7.71. The largest absolute Gasteiger partial charge is 0.542 e. The quantitative estimate of drug-likeness (QED) is 0.190. The molecule has 0 saturated heterocycles. The van der Waals surface area contributed by atoms with Crippen molar-refractivity contribution in [2.45, 2.75) is 77.8 Å². The topological polar surface area (TPSA) is 129 Å². The van der Waals surface area contributed by atoms with Gasteiger partial charge in [-0.1, -0.05) is 41.5 Å². The minimum atomic E-state index is -2.31. The van der Waals surface area contributed by atoms with Gasteiger partial charge in [0.1, 0.15) is 11.5 Å². The van der Waals surface area contributed by atoms with E-state index >= 15 is 0 Å². The fraction of sp³-hybridized carbons (Fsp3) is 0.500. The predicted molar refractivity (Wildman–Crippen MR) is 149 cm³/mol. The molecule has 0 fully saturated rings. The zero-order chi connectivity index (χ0) is 27.7. The number of nitrogens with zero attached hydrogens (tertiary/aromatic N) is 2. The van der Waals surface area contributed by atoms with Crippen molar-refractivity contribution in [3.8, 4) is 11.5 Å². The van der Waals surface area contributed by atoms with E-state index in [9.17, 15) is 20.2 Å². The molecule has 0 amide bonds. The van der Waals surface area contributed by atoms with Crippen LogP contribution in [0.1, 0.15) is 41.5 Å². The van der Waals surface area contributed by atoms with Gasteiger partial charge in [0, 0.05) is 12.1 Å². The van der Waals surface area contributed by atoms with Crippen molar-refractivity contribution < 1.29 is 18.7 Å². The minimum absolute atomic E-state index is 0.0773. The van der Waals surface area contributed by atoms with Crippen LogP contribution >= 0.6 is 0 Å². The highest BCUT2D eigenvalue weighted by Crippen LogP contribution is 2.42. The van der Waals surface area contributed by atoms with Crippen molar-refractivity contribution in [1.82, 2.24) is 0 Å². The molecule has 0 atom stereocenters. The number of nitro groups is 2. The van der Waals surface area contributed by atoms with Crippen molar-refractivity contribution in [2.75, 3.05) is 10.9 Å². The lowest BCUT2D eigenvalue weighted by Gasteiger charge is -2.37. The number of hydrogen-bond acceptors (Lipinski definition) is 8. The summed E-state index contributed by atoms with van der Waals surface area (Å²) in [5, 5.41) is 22.6. The number of nitrogens with one attached hydrogen (secondary N) is 2. The summed E-state index contributed by atoms with van der Waals surface area (Å²) in [5.74, 6) is 0.717. The summed E-state index contributed by atoms with van der Waals surface area (Å²) < 4.78 is 12.8. The first-order chi connectivity index (χ1) is 16.2. The Hall–Kier alpha value is -3.13. The van der Waals surface area contributed by atoms with E-state index in [0.717, 1.165) is 0 Å². The number of rotatable bonds is 9. The maximum Gasteiger partial charge on any atom is 0.273 e. The highest BCUT2D eigenvalue weighted by molar-refractivity contribution is 6.75. The highest BCUT2D eigenvalue weighted by atomic mass is 28.4. The van der Waals surface area contributed by atoms with E-state index in [-0.39, 0.29) is 21.5 Å². The van der Waals surface area contributed by atoms with Gasteiger partial charge in [-0.05, 0) is 48.4 Å². The van der Waals surface area contributed by atoms with Gasteiger partial charge in [0.2, 0.25) is 0 Å². The number of non-ortho nitro benzene ring substituents is 2. The van der Waals surface area contributed by atoms with Crippen molar-refractivity contribution in [3.05, 3.63) is 56.6 Å². The van der Waals surface area contributed by atoms with Crippen LogP contribution < -0.4 is 19.7 Å². The SMILES string of the molecule is CC(C)(C)[Si](C)(C)Oc1cc([N+](=O)[O-])ccc1NNc1ccc([N+](=O)[O-])cc1O[Si](C)(C)C(C)(C)C. The molecule has 0 radical (unpaired) electrons. The molecule has 0 heterocycles. The number of hydrazine groups is 1. The maximum atomic E-state index is 11.4. The second-order valence-corrected chi connectivity index (χ2v) is 21.3. The van der Waals surface area contributed by atoms with Crippen LogP contribution in [-0.4, -0.2) is 26.5 Å². The van der Waals surface area contributed by atoms with E-state index in [0.29, 0.717) is 22.9 Å². The lowest BCUT2D eigenvalue weighted by Crippen LogP contribution is -2.44. The smallest absolute Gasteiger partial charge is 0.273 e. The molecular weight excluding hydrogens is 496 g/mol. The Labute approximate surface area is 214 Å². The molecule has 36 heavy (non-hydrogen) atoms. The van der Waals surface area contributed by atoms with Crippen LogP contribution in [0.4, 0.5) is 22.7 Å². The summed E-state index contributed by atoms with van der Waals surface area (Å²) in [6.45, 7) is 20.8. The molecule has 0 aliphatic rings. The minimum Gasteiger partial charge on any atom is -0.542 e. The lowest BCUT2D eigenvalue weighted by atomic mass is 10.2. The Balaban J connectivity index is 2.46. The molecule has 0 bridgehead atoms. The fourth-order valence-corrected chi connectivity index (χ4v) is 4.66. The van der Waals surface area contributed by atoms with Crippen LogP contribution in [0.3, 0.4) is 0 Å². The van der Waals surface area contributed by atoms with Gasteiger partial charge in [-0.25, -0.2) is 0 Å². The first-order valence-corrected chi connectivity index (χ1v) is 17.5. The van der Waals surface area contributed by atoms with E-state index in [4.69, 9.17) is 8.85 Å². The van der Waals surface area contributed by atoms with Gasteiger partial charge < -0.3 is 8.85 Å². The summed E-state index contributed by atoms with van der Waals surface area (Å²) >= 11 is 0. The van der Waals surface area contributed by atoms with Crippen LogP contribution in [0.15, 0.2) is 36.4 Å². The summed E-state index contributed by atoms with van der Waals surface area (Å²) in [7, 11) is -4.62. The normalized spacial score (nSPS) is 12.6. The Morgan fingerprint density at radius 1 is 0.667 bits per heavy atom. The summed E-state index contributed by atoms with van der Waals surface area (Å²) in [6, 6.07) is 8.76. The lowest BCUT2D eigenvalue weighted by molar-refractivity contribution is -0.385. The molecule has 198 valence electrons. The Bertz CT molecular complexity index is 1050. The van der Waals surface area contributed by atoms with Gasteiger partial charge in [-0.15, -0.1) is 0 Å². The van der Waals surface area contributed by atoms with E-state index in [1.54, 1.807) is 12.1 Å². The van der Waals surface area contributed by atoms with Crippen LogP contribution in [0.5, 0.6) is 11.5 Å². The van der Waals surface area contributed by atoms with E-state index in [1.807, 2.05) is 0 Å². The standard InChI is InChI=1S/C24H38N4O6Si2/c1-23(2,3)35(7,8)33-21-15-17(27(29)30)11-13-19(21)25-26-20-14-12-18(28(31)32)16-22(20)34-36(9,10)24(4,5)6/h11-16,25-26H,1-10H3. The zero-order valence-corrected chi connectivity index (χ0v) is 24.8. The molecule has 0 unspecified atom stereocenters. The third-order valence-electron chi connectivity index (χ3n) is 7.03. The third-order valence-corrected chi connectivity index (χ3v) is 15.7. The number of hydrogen-bond donors (Lipinski definition) is 2. The average molecular weight is 535 g/mol. The van der Waals surface area contributed by atoms with E-state index in [2.05, 4.69) is 78.6 Å². The molecule has 2 N–H and O–H groups in total. The van der Waals surface area contributed by atoms with Crippen molar-refractivity contribution in [3.63, 3.8) is 0 Å². The monoisotopic (exact) mass is 534 g/mol. The fourth-order valence-electron chi connectivity index (χ4n) is 2.62. The van der Waals surface area contributed by atoms with Crippen LogP contribution in [0.2, 0.25) is 36.3 Å². The number of benzene rings is 2. The third kappa shape index (κ3) is 6.75. The highest BCUT2D eigenvalue weighted by Gasteiger charge is 2.41. The Kier molecular flexibility index (Phi) is 8.16. The second-order valence-electron chi connectivity index (χ2n) is 11.8. The first kappa shape index (κ1) is 29.1. The first-order valence-electron chi connectivity index (χ1n) is 11.7. The molecule has 10 nitrogen and oxygen atoms in total. The summed E-state index contributed by atoms with van der Waals surface area (Å²) in [4.78, 5) is 21.9. The van der Waals surface area contributed by atoms with Gasteiger partial charge in [0.25, 0.3) is 28.0 Å². The summed E-state index contributed by atoms with van der Waals surface area (Å²) in [5.41, 5.74) is 7.00. The van der Waals surface area contributed by atoms with Gasteiger partial charge in [-0.3, -0.25) is 31.1 Å². The van der Waals surface area contributed by atoms with Gasteiger partial charge in [0.15, 0.2) is 0 Å². The van der Waals surface area contributed by atoms with Gasteiger partial charge in [-0.2, -0.15) is 0 Å². The van der Waals surface area contributed by atoms with Crippen LogP contribution in [0.25, 0.3) is 0 Å². The van der Waals surface area contributed by atoms with Gasteiger partial charge >= 0.3 is 0 Å². The Morgan fingerprint density at radius 3 is 1.22 bits per heavy atom. The maximum absolute atomic E-state index is 11.4. The molecule has 0 aromatic heterocycles. The molecule has 2 aromatic carbocycles. The molecule has 0 spiro atoms. The molecule has 2 rings (SSSR count). The average Bonchev–Trinajstić information content (AvgIpc) is 2.71. The molecule has 12 heteroatoms. The zero-order valence-electron chi connectivity index (χ0n) is 22.8. The van der Waals surface area contributed by atoms with Crippen LogP contribution in [-0.2, 0) is 0 Å². The van der Waals surface area contributed by atoms with Crippen molar-refractivity contribution in [2.24, 2.45) is 0 Å². The number of nitro benzene ring substituents is 2. The molecule has 0 aliphatic heterocycles. The second kappa shape index (κ2) is 10.1. The molecule has 0 aliphatic carbocycles. The molecule has 2 aromatic rings. The summed E-state index contributed by atoms with van der Waals surface area (Å²) in [6.07, 6.45) is 0. The van der Waals surface area contributed by atoms with Gasteiger partial charge in [0.05, 0.1) is 33.4 Å². The molecular formula is C24H38N4O6Si2. The van der Waals surface area contributed by atoms with Crippen molar-refractivity contribution >= 4 is 39.4 Å². The Morgan fingerprint density at radius 2 is 0.972 bits per heavy atom. The molecule has 0 saturated carbocycles.